The van der Waals surface area contributed by atoms with Gasteiger partial charge < -0.3 is 20.7 Å². The molecule has 0 saturated carbocycles. The molecular formula is C19H25N3O4. The number of hydrogen-bond acceptors (Lipinski definition) is 4. The van der Waals surface area contributed by atoms with Crippen LogP contribution in [-0.4, -0.2) is 44.0 Å². The van der Waals surface area contributed by atoms with Crippen molar-refractivity contribution in [2.75, 3.05) is 31.2 Å². The van der Waals surface area contributed by atoms with Crippen LogP contribution < -0.4 is 16.0 Å². The number of hydrogen-bond donors (Lipinski definition) is 2. The topological polar surface area (TPSA) is 102 Å². The van der Waals surface area contributed by atoms with Gasteiger partial charge in [-0.3, -0.25) is 14.4 Å². The SMILES string of the molecule is Cc1ccc(N2CC[C@H](C(=O)NCC3(C(N)=O)CCOCC3)C2=O)cc1. The monoisotopic (exact) mass is 359 g/mol. The quantitative estimate of drug-likeness (QED) is 0.757. The highest BCUT2D eigenvalue weighted by Crippen LogP contribution is 2.30. The summed E-state index contributed by atoms with van der Waals surface area (Å²) in [5.41, 5.74) is 6.69. The van der Waals surface area contributed by atoms with Gasteiger partial charge >= 0.3 is 0 Å². The van der Waals surface area contributed by atoms with Crippen LogP contribution in [0.5, 0.6) is 0 Å². The van der Waals surface area contributed by atoms with E-state index < -0.39 is 17.2 Å². The Morgan fingerprint density at radius 2 is 1.92 bits per heavy atom. The molecule has 2 fully saturated rings. The van der Waals surface area contributed by atoms with Gasteiger partial charge in [-0.15, -0.1) is 0 Å². The van der Waals surface area contributed by atoms with E-state index in [9.17, 15) is 14.4 Å². The number of anilines is 1. The zero-order valence-corrected chi connectivity index (χ0v) is 15.0. The van der Waals surface area contributed by atoms with E-state index in [-0.39, 0.29) is 18.4 Å². The van der Waals surface area contributed by atoms with Crippen molar-refractivity contribution in [2.45, 2.75) is 26.2 Å². The number of benzene rings is 1. The zero-order chi connectivity index (χ0) is 18.7. The maximum atomic E-state index is 12.7. The fourth-order valence-electron chi connectivity index (χ4n) is 3.56. The second kappa shape index (κ2) is 7.45. The summed E-state index contributed by atoms with van der Waals surface area (Å²) in [6.45, 7) is 3.54. The molecule has 7 heteroatoms. The third-order valence-corrected chi connectivity index (χ3v) is 5.44. The predicted octanol–water partition coefficient (Wildman–Crippen LogP) is 0.746. The number of rotatable bonds is 5. The fraction of sp³-hybridized carbons (Fsp3) is 0.526. The van der Waals surface area contributed by atoms with Crippen LogP contribution >= 0.6 is 0 Å². The van der Waals surface area contributed by atoms with Gasteiger partial charge in [-0.1, -0.05) is 17.7 Å². The van der Waals surface area contributed by atoms with Crippen LogP contribution in [0.4, 0.5) is 5.69 Å². The maximum Gasteiger partial charge on any atom is 0.239 e. The summed E-state index contributed by atoms with van der Waals surface area (Å²) < 4.78 is 5.29. The molecule has 26 heavy (non-hydrogen) atoms. The Labute approximate surface area is 152 Å². The average Bonchev–Trinajstić information content (AvgIpc) is 3.02. The minimum atomic E-state index is -0.786. The Morgan fingerprint density at radius 3 is 2.54 bits per heavy atom. The van der Waals surface area contributed by atoms with Crippen molar-refractivity contribution in [3.63, 3.8) is 0 Å². The first-order valence-electron chi connectivity index (χ1n) is 8.96. The first kappa shape index (κ1) is 18.4. The lowest BCUT2D eigenvalue weighted by Crippen LogP contribution is -2.50. The minimum Gasteiger partial charge on any atom is -0.381 e. The molecule has 2 saturated heterocycles. The van der Waals surface area contributed by atoms with E-state index in [0.717, 1.165) is 11.3 Å². The smallest absolute Gasteiger partial charge is 0.239 e. The van der Waals surface area contributed by atoms with Crippen LogP contribution in [0.25, 0.3) is 0 Å². The molecule has 3 amide bonds. The molecule has 1 aromatic carbocycles. The number of nitrogens with one attached hydrogen (secondary N) is 1. The summed E-state index contributed by atoms with van der Waals surface area (Å²) in [6, 6.07) is 7.66. The third-order valence-electron chi connectivity index (χ3n) is 5.44. The molecule has 1 atom stereocenters. The van der Waals surface area contributed by atoms with Gasteiger partial charge in [-0.25, -0.2) is 0 Å². The van der Waals surface area contributed by atoms with Crippen LogP contribution in [0.15, 0.2) is 24.3 Å². The van der Waals surface area contributed by atoms with Gasteiger partial charge in [0.1, 0.15) is 5.92 Å². The van der Waals surface area contributed by atoms with Gasteiger partial charge in [0, 0.05) is 32.0 Å². The average molecular weight is 359 g/mol. The van der Waals surface area contributed by atoms with Crippen LogP contribution in [0.2, 0.25) is 0 Å². The number of nitrogens with zero attached hydrogens (tertiary/aromatic N) is 1. The summed E-state index contributed by atoms with van der Waals surface area (Å²) >= 11 is 0. The molecule has 0 aliphatic carbocycles. The summed E-state index contributed by atoms with van der Waals surface area (Å²) in [4.78, 5) is 38.7. The van der Waals surface area contributed by atoms with Gasteiger partial charge in [0.2, 0.25) is 17.7 Å². The molecule has 3 rings (SSSR count). The highest BCUT2D eigenvalue weighted by Gasteiger charge is 2.41. The molecule has 0 bridgehead atoms. The van der Waals surface area contributed by atoms with E-state index in [4.69, 9.17) is 10.5 Å². The summed E-state index contributed by atoms with van der Waals surface area (Å²) in [5, 5.41) is 2.79. The van der Waals surface area contributed by atoms with Crippen molar-refractivity contribution in [2.24, 2.45) is 17.1 Å². The van der Waals surface area contributed by atoms with E-state index in [1.807, 2.05) is 31.2 Å². The number of carbonyl (C=O) groups is 3. The molecule has 0 aromatic heterocycles. The van der Waals surface area contributed by atoms with Gasteiger partial charge in [-0.05, 0) is 38.3 Å². The number of aryl methyl sites for hydroxylation is 1. The molecule has 0 radical (unpaired) electrons. The Bertz CT molecular complexity index is 695. The molecule has 0 unspecified atom stereocenters. The molecule has 2 heterocycles. The Kier molecular flexibility index (Phi) is 5.27. The van der Waals surface area contributed by atoms with Gasteiger partial charge in [0.05, 0.1) is 5.41 Å². The van der Waals surface area contributed by atoms with E-state index in [2.05, 4.69) is 5.32 Å². The van der Waals surface area contributed by atoms with Crippen LogP contribution in [0.3, 0.4) is 0 Å². The van der Waals surface area contributed by atoms with Gasteiger partial charge in [0.15, 0.2) is 0 Å². The molecule has 1 aromatic rings. The Balaban J connectivity index is 1.62. The lowest BCUT2D eigenvalue weighted by atomic mass is 9.79. The number of primary amides is 1. The van der Waals surface area contributed by atoms with Crippen molar-refractivity contribution < 1.29 is 19.1 Å². The lowest BCUT2D eigenvalue weighted by Gasteiger charge is -2.34. The predicted molar refractivity (Wildman–Crippen MR) is 96.3 cm³/mol. The highest BCUT2D eigenvalue weighted by molar-refractivity contribution is 6.09. The van der Waals surface area contributed by atoms with E-state index in [1.165, 1.54) is 0 Å². The summed E-state index contributed by atoms with van der Waals surface area (Å²) in [5.74, 6) is -1.69. The van der Waals surface area contributed by atoms with Crippen molar-refractivity contribution in [3.05, 3.63) is 29.8 Å². The van der Waals surface area contributed by atoms with E-state index in [1.54, 1.807) is 4.90 Å². The number of amides is 3. The van der Waals surface area contributed by atoms with Crippen molar-refractivity contribution in [3.8, 4) is 0 Å². The first-order valence-corrected chi connectivity index (χ1v) is 8.96. The number of ether oxygens (including phenoxy) is 1. The second-order valence-corrected chi connectivity index (χ2v) is 7.14. The Morgan fingerprint density at radius 1 is 1.27 bits per heavy atom. The zero-order valence-electron chi connectivity index (χ0n) is 15.0. The molecule has 140 valence electrons. The summed E-state index contributed by atoms with van der Waals surface area (Å²) in [6.07, 6.45) is 1.43. The van der Waals surface area contributed by atoms with Crippen molar-refractivity contribution >= 4 is 23.4 Å². The van der Waals surface area contributed by atoms with Gasteiger partial charge in [-0.2, -0.15) is 0 Å². The van der Waals surface area contributed by atoms with Crippen LogP contribution in [-0.2, 0) is 19.1 Å². The largest absolute Gasteiger partial charge is 0.381 e. The third kappa shape index (κ3) is 3.58. The molecule has 0 spiro atoms. The molecule has 7 nitrogen and oxygen atoms in total. The normalized spacial score (nSPS) is 22.3. The summed E-state index contributed by atoms with van der Waals surface area (Å²) in [7, 11) is 0. The Hall–Kier alpha value is -2.41. The van der Waals surface area contributed by atoms with Crippen LogP contribution in [0, 0.1) is 18.3 Å². The van der Waals surface area contributed by atoms with E-state index in [0.29, 0.717) is 39.0 Å². The first-order chi connectivity index (χ1) is 12.4. The standard InChI is InChI=1S/C19H25N3O4/c1-13-2-4-14(5-3-13)22-9-6-15(17(22)24)16(23)21-12-19(18(20)25)7-10-26-11-8-19/h2-5,15H,6-12H2,1H3,(H2,20,25)(H,21,23)/t15-/m1/s1. The highest BCUT2D eigenvalue weighted by atomic mass is 16.5. The fourth-order valence-corrected chi connectivity index (χ4v) is 3.56. The number of nitrogens with two attached hydrogens (primary N) is 1. The van der Waals surface area contributed by atoms with Crippen LogP contribution in [0.1, 0.15) is 24.8 Å². The lowest BCUT2D eigenvalue weighted by molar-refractivity contribution is -0.135. The molecule has 2 aliphatic rings. The molecule has 2 aliphatic heterocycles. The van der Waals surface area contributed by atoms with Gasteiger partial charge in [0.25, 0.3) is 0 Å². The number of carbonyl (C=O) groups excluding carboxylic acids is 3. The second-order valence-electron chi connectivity index (χ2n) is 7.14. The maximum absolute atomic E-state index is 12.7. The molecule has 3 N–H and O–H groups in total. The van der Waals surface area contributed by atoms with Crippen molar-refractivity contribution in [1.82, 2.24) is 5.32 Å². The van der Waals surface area contributed by atoms with E-state index >= 15 is 0 Å². The molecular weight excluding hydrogens is 334 g/mol. The van der Waals surface area contributed by atoms with Crippen molar-refractivity contribution in [1.29, 1.82) is 0 Å². The minimum absolute atomic E-state index is 0.152.